The second kappa shape index (κ2) is 9.11. The van der Waals surface area contributed by atoms with Crippen LogP contribution in [0, 0.1) is 0 Å². The number of aromatic nitrogens is 1. The van der Waals surface area contributed by atoms with Gasteiger partial charge in [0.15, 0.2) is 0 Å². The number of fused-ring (bicyclic) bond motifs is 2. The molecule has 0 radical (unpaired) electrons. The molecule has 4 aromatic rings. The Kier molecular flexibility index (Phi) is 5.78. The summed E-state index contributed by atoms with van der Waals surface area (Å²) in [7, 11) is -4.02. The maximum Gasteiger partial charge on any atom is 0.339 e. The van der Waals surface area contributed by atoms with Gasteiger partial charge >= 0.3 is 10.1 Å². The van der Waals surface area contributed by atoms with Gasteiger partial charge < -0.3 is 14.5 Å². The van der Waals surface area contributed by atoms with E-state index in [0.717, 1.165) is 41.8 Å². The van der Waals surface area contributed by atoms with Crippen LogP contribution in [0.1, 0.15) is 40.7 Å². The highest BCUT2D eigenvalue weighted by atomic mass is 32.2. The van der Waals surface area contributed by atoms with Crippen molar-refractivity contribution in [1.82, 2.24) is 15.2 Å². The van der Waals surface area contributed by atoms with Crippen LogP contribution in [0.3, 0.4) is 0 Å². The number of piperidine rings is 1. The lowest BCUT2D eigenvalue weighted by atomic mass is 9.99. The summed E-state index contributed by atoms with van der Waals surface area (Å²) in [5.74, 6) is -0.0807. The van der Waals surface area contributed by atoms with Crippen LogP contribution in [-0.4, -0.2) is 37.3 Å². The maximum atomic E-state index is 12.8. The Morgan fingerprint density at radius 3 is 2.53 bits per heavy atom. The summed E-state index contributed by atoms with van der Waals surface area (Å²) in [6.07, 6.45) is 3.84. The third-order valence-electron chi connectivity index (χ3n) is 6.98. The number of rotatable bonds is 6. The number of hydrogen-bond donors (Lipinski definition) is 2. The third kappa shape index (κ3) is 4.27. The highest BCUT2D eigenvalue weighted by Gasteiger charge is 2.29. The number of hydrogen-bond acceptors (Lipinski definition) is 5. The summed E-state index contributed by atoms with van der Waals surface area (Å²) < 4.78 is 31.1. The van der Waals surface area contributed by atoms with Crippen molar-refractivity contribution in [1.29, 1.82) is 0 Å². The molecule has 0 unspecified atom stereocenters. The van der Waals surface area contributed by atoms with E-state index in [9.17, 15) is 13.2 Å². The van der Waals surface area contributed by atoms with Crippen LogP contribution in [0.25, 0.3) is 22.2 Å². The number of benzene rings is 3. The topological polar surface area (TPSA) is 91.5 Å². The molecule has 3 aromatic carbocycles. The second-order valence-corrected chi connectivity index (χ2v) is 11.0. The van der Waals surface area contributed by atoms with Gasteiger partial charge in [-0.3, -0.25) is 9.69 Å². The van der Waals surface area contributed by atoms with E-state index >= 15 is 0 Å². The molecule has 184 valence electrons. The van der Waals surface area contributed by atoms with E-state index in [-0.39, 0.29) is 23.1 Å². The predicted molar refractivity (Wildman–Crippen MR) is 138 cm³/mol. The van der Waals surface area contributed by atoms with Crippen LogP contribution in [-0.2, 0) is 23.2 Å². The minimum absolute atomic E-state index is 0.0658. The smallest absolute Gasteiger partial charge is 0.339 e. The molecule has 1 saturated heterocycles. The van der Waals surface area contributed by atoms with Crippen LogP contribution < -0.4 is 9.50 Å². The molecule has 6 rings (SSSR count). The summed E-state index contributed by atoms with van der Waals surface area (Å²) in [6, 6.07) is 19.9. The van der Waals surface area contributed by atoms with Crippen LogP contribution >= 0.6 is 0 Å². The normalized spacial score (nSPS) is 16.2. The van der Waals surface area contributed by atoms with E-state index in [1.165, 1.54) is 37.0 Å². The minimum Gasteiger partial charge on any atom is -0.379 e. The molecule has 0 saturated carbocycles. The molecule has 1 aromatic heterocycles. The molecule has 1 amide bonds. The highest BCUT2D eigenvalue weighted by Crippen LogP contribution is 2.37. The van der Waals surface area contributed by atoms with Gasteiger partial charge in [0, 0.05) is 40.8 Å². The van der Waals surface area contributed by atoms with E-state index in [2.05, 4.69) is 39.5 Å². The van der Waals surface area contributed by atoms with Gasteiger partial charge in [-0.25, -0.2) is 0 Å². The van der Waals surface area contributed by atoms with Crippen LogP contribution in [0.4, 0.5) is 0 Å². The fourth-order valence-electron chi connectivity index (χ4n) is 5.18. The van der Waals surface area contributed by atoms with Crippen LogP contribution in [0.5, 0.6) is 5.75 Å². The van der Waals surface area contributed by atoms with Gasteiger partial charge in [0.1, 0.15) is 10.6 Å². The van der Waals surface area contributed by atoms with Gasteiger partial charge in [-0.15, -0.1) is 0 Å². The molecule has 36 heavy (non-hydrogen) atoms. The number of amides is 1. The number of likely N-dealkylation sites (tertiary alicyclic amines) is 1. The highest BCUT2D eigenvalue weighted by molar-refractivity contribution is 7.87. The van der Waals surface area contributed by atoms with Crippen molar-refractivity contribution in [2.45, 2.75) is 37.2 Å². The van der Waals surface area contributed by atoms with Gasteiger partial charge in [0.25, 0.3) is 5.91 Å². The average Bonchev–Trinajstić information content (AvgIpc) is 3.49. The molecule has 2 aliphatic rings. The first-order chi connectivity index (χ1) is 17.5. The number of aromatic amines is 1. The van der Waals surface area contributed by atoms with Crippen molar-refractivity contribution >= 4 is 26.9 Å². The first-order valence-electron chi connectivity index (χ1n) is 12.3. The van der Waals surface area contributed by atoms with Crippen molar-refractivity contribution in [3.63, 3.8) is 0 Å². The minimum atomic E-state index is -4.02. The Morgan fingerprint density at radius 1 is 0.917 bits per heavy atom. The van der Waals surface area contributed by atoms with Crippen molar-refractivity contribution in [2.24, 2.45) is 0 Å². The maximum absolute atomic E-state index is 12.8. The summed E-state index contributed by atoms with van der Waals surface area (Å²) in [5.41, 5.74) is 4.78. The predicted octanol–water partition coefficient (Wildman–Crippen LogP) is 4.83. The van der Waals surface area contributed by atoms with Gasteiger partial charge in [0.2, 0.25) is 0 Å². The van der Waals surface area contributed by atoms with E-state index in [4.69, 9.17) is 4.18 Å². The third-order valence-corrected chi connectivity index (χ3v) is 8.23. The molecule has 0 bridgehead atoms. The monoisotopic (exact) mass is 501 g/mol. The molecule has 3 heterocycles. The lowest BCUT2D eigenvalue weighted by Gasteiger charge is -2.26. The average molecular weight is 502 g/mol. The Balaban J connectivity index is 1.33. The molecule has 7 nitrogen and oxygen atoms in total. The van der Waals surface area contributed by atoms with Gasteiger partial charge in [-0.05, 0) is 74.0 Å². The molecular formula is C28H27N3O4S. The van der Waals surface area contributed by atoms with Crippen molar-refractivity contribution in [3.8, 4) is 17.0 Å². The standard InChI is InChI=1S/C28H27N3O4S/c32-28-27-22(10-12-26(23(27)17-29-28)35-36(33,34)21-7-3-1-4-8-21)25-16-20-15-19(9-11-24(20)30-25)18-31-13-5-2-6-14-31/h1,3-4,7-12,15-16,30H,2,5-6,13-14,17-18H2,(H,29,32). The van der Waals surface area contributed by atoms with Crippen LogP contribution in [0.15, 0.2) is 71.6 Å². The Morgan fingerprint density at radius 2 is 1.72 bits per heavy atom. The molecule has 2 N–H and O–H groups in total. The number of nitrogens with one attached hydrogen (secondary N) is 2. The van der Waals surface area contributed by atoms with E-state index in [1.807, 2.05) is 0 Å². The molecule has 0 aliphatic carbocycles. The number of carbonyl (C=O) groups excluding carboxylic acids is 1. The zero-order valence-electron chi connectivity index (χ0n) is 19.8. The van der Waals surface area contributed by atoms with E-state index in [0.29, 0.717) is 11.1 Å². The first kappa shape index (κ1) is 22.8. The summed E-state index contributed by atoms with van der Waals surface area (Å²) in [4.78, 5) is 18.8. The summed E-state index contributed by atoms with van der Waals surface area (Å²) in [6.45, 7) is 3.44. The number of H-pyrrole nitrogens is 1. The van der Waals surface area contributed by atoms with Gasteiger partial charge in [0.05, 0.1) is 5.56 Å². The summed E-state index contributed by atoms with van der Waals surface area (Å²) in [5, 5.41) is 3.90. The van der Waals surface area contributed by atoms with E-state index in [1.54, 1.807) is 30.3 Å². The van der Waals surface area contributed by atoms with Crippen molar-refractivity contribution in [2.75, 3.05) is 13.1 Å². The molecule has 1 fully saturated rings. The summed E-state index contributed by atoms with van der Waals surface area (Å²) >= 11 is 0. The first-order valence-corrected chi connectivity index (χ1v) is 13.7. The Bertz CT molecular complexity index is 1550. The Hall–Kier alpha value is -3.62. The number of carbonyl (C=O) groups is 1. The van der Waals surface area contributed by atoms with E-state index < -0.39 is 10.1 Å². The van der Waals surface area contributed by atoms with Gasteiger partial charge in [-0.2, -0.15) is 8.42 Å². The largest absolute Gasteiger partial charge is 0.379 e. The van der Waals surface area contributed by atoms with Crippen molar-refractivity contribution < 1.29 is 17.4 Å². The molecule has 0 spiro atoms. The van der Waals surface area contributed by atoms with Crippen molar-refractivity contribution in [3.05, 3.63) is 83.4 Å². The Labute approximate surface area is 210 Å². The second-order valence-electron chi connectivity index (χ2n) is 9.44. The number of nitrogens with zero attached hydrogens (tertiary/aromatic N) is 1. The fourth-order valence-corrected chi connectivity index (χ4v) is 6.16. The lowest BCUT2D eigenvalue weighted by Crippen LogP contribution is -2.28. The molecule has 8 heteroatoms. The zero-order chi connectivity index (χ0) is 24.7. The van der Waals surface area contributed by atoms with Gasteiger partial charge in [-0.1, -0.05) is 30.7 Å². The SMILES string of the molecule is O=C1NCc2c(OS(=O)(=O)c3ccccc3)ccc(-c3cc4cc(CN5CCCCC5)ccc4[nH]3)c21. The zero-order valence-corrected chi connectivity index (χ0v) is 20.6. The molecule has 0 atom stereocenters. The quantitative estimate of drug-likeness (QED) is 0.369. The van der Waals surface area contributed by atoms with Crippen LogP contribution in [0.2, 0.25) is 0 Å². The molecule has 2 aliphatic heterocycles. The molecular weight excluding hydrogens is 474 g/mol. The lowest BCUT2D eigenvalue weighted by molar-refractivity contribution is 0.0966. The fraction of sp³-hybridized carbons (Fsp3) is 0.250.